The number of nitrogens with one attached hydrogen (secondary N) is 1. The van der Waals surface area contributed by atoms with Crippen LogP contribution in [0.5, 0.6) is 0 Å². The van der Waals surface area contributed by atoms with E-state index in [4.69, 9.17) is 16.1 Å². The van der Waals surface area contributed by atoms with Crippen LogP contribution in [-0.2, 0) is 11.6 Å². The number of nitrogens with zero attached hydrogens (tertiary/aromatic N) is 1. The highest BCUT2D eigenvalue weighted by atomic mass is 35.5. The molecule has 0 unspecified atom stereocenters. The van der Waals surface area contributed by atoms with Gasteiger partial charge in [-0.15, -0.1) is 0 Å². The van der Waals surface area contributed by atoms with Gasteiger partial charge < -0.3 is 4.52 Å². The molecule has 1 aromatic carbocycles. The van der Waals surface area contributed by atoms with Crippen LogP contribution < -0.4 is 5.32 Å². The van der Waals surface area contributed by atoms with Crippen molar-refractivity contribution in [1.82, 2.24) is 5.16 Å². The van der Waals surface area contributed by atoms with Gasteiger partial charge in [0.1, 0.15) is 0 Å². The predicted octanol–water partition coefficient (Wildman–Crippen LogP) is 4.65. The highest BCUT2D eigenvalue weighted by molar-refractivity contribution is 6.34. The lowest BCUT2D eigenvalue weighted by atomic mass is 10.1. The molecule has 1 N–H and O–H groups in total. The molecule has 23 heavy (non-hydrogen) atoms. The normalized spacial score (nSPS) is 16.2. The summed E-state index contributed by atoms with van der Waals surface area (Å²) in [6, 6.07) is 4.16. The molecule has 0 saturated heterocycles. The zero-order chi connectivity index (χ0) is 16.8. The van der Waals surface area contributed by atoms with Crippen LogP contribution in [0.1, 0.15) is 41.4 Å². The first-order valence-corrected chi connectivity index (χ1v) is 7.22. The Morgan fingerprint density at radius 2 is 2.04 bits per heavy atom. The van der Waals surface area contributed by atoms with Gasteiger partial charge in [0.2, 0.25) is 5.88 Å². The first-order valence-electron chi connectivity index (χ1n) is 6.84. The van der Waals surface area contributed by atoms with Crippen molar-refractivity contribution in [3.05, 3.63) is 46.1 Å². The van der Waals surface area contributed by atoms with Gasteiger partial charge in [-0.25, -0.2) is 0 Å². The maximum absolute atomic E-state index is 12.6. The summed E-state index contributed by atoms with van der Waals surface area (Å²) in [6.07, 6.45) is -2.52. The number of amides is 1. The summed E-state index contributed by atoms with van der Waals surface area (Å²) in [6.45, 7) is 2.03. The van der Waals surface area contributed by atoms with Crippen LogP contribution in [0.25, 0.3) is 0 Å². The fraction of sp³-hybridized carbons (Fsp3) is 0.333. The molecule has 1 heterocycles. The number of benzene rings is 1. The smallest absolute Gasteiger partial charge is 0.338 e. The molecule has 0 radical (unpaired) electrons. The number of hydrogen-bond donors (Lipinski definition) is 1. The Kier molecular flexibility index (Phi) is 3.63. The van der Waals surface area contributed by atoms with Crippen molar-refractivity contribution in [1.29, 1.82) is 0 Å². The summed E-state index contributed by atoms with van der Waals surface area (Å²) in [5.41, 5.74) is -0.261. The zero-order valence-electron chi connectivity index (χ0n) is 12.0. The lowest BCUT2D eigenvalue weighted by Crippen LogP contribution is -2.13. The minimum atomic E-state index is -4.52. The Hall–Kier alpha value is -2.02. The van der Waals surface area contributed by atoms with Crippen LogP contribution in [0.15, 0.2) is 28.8 Å². The van der Waals surface area contributed by atoms with E-state index in [9.17, 15) is 18.0 Å². The van der Waals surface area contributed by atoms with Crippen LogP contribution in [0.4, 0.5) is 19.1 Å². The number of alkyl halides is 3. The third-order valence-electron chi connectivity index (χ3n) is 3.91. The number of anilines is 1. The molecule has 0 atom stereocenters. The van der Waals surface area contributed by atoms with Crippen molar-refractivity contribution in [2.75, 3.05) is 5.32 Å². The fourth-order valence-electron chi connectivity index (χ4n) is 2.12. The van der Waals surface area contributed by atoms with Gasteiger partial charge in [0.25, 0.3) is 5.91 Å². The Morgan fingerprint density at radius 3 is 2.61 bits per heavy atom. The van der Waals surface area contributed by atoms with Crippen molar-refractivity contribution < 1.29 is 22.5 Å². The van der Waals surface area contributed by atoms with Crippen molar-refractivity contribution >= 4 is 23.4 Å². The maximum Gasteiger partial charge on any atom is 0.416 e. The lowest BCUT2D eigenvalue weighted by molar-refractivity contribution is -0.137. The molecule has 1 saturated carbocycles. The van der Waals surface area contributed by atoms with E-state index in [1.807, 2.05) is 6.92 Å². The Balaban J connectivity index is 1.77. The fourth-order valence-corrected chi connectivity index (χ4v) is 2.38. The van der Waals surface area contributed by atoms with Gasteiger partial charge in [0.15, 0.2) is 0 Å². The summed E-state index contributed by atoms with van der Waals surface area (Å²) >= 11 is 5.78. The largest absolute Gasteiger partial charge is 0.416 e. The van der Waals surface area contributed by atoms with E-state index in [-0.39, 0.29) is 21.9 Å². The maximum atomic E-state index is 12.6. The van der Waals surface area contributed by atoms with Crippen LogP contribution in [0, 0.1) is 0 Å². The summed E-state index contributed by atoms with van der Waals surface area (Å²) in [5, 5.41) is 6.05. The second-order valence-electron chi connectivity index (χ2n) is 5.78. The highest BCUT2D eigenvalue weighted by Gasteiger charge is 2.42. The van der Waals surface area contributed by atoms with Gasteiger partial charge in [-0.05, 0) is 31.0 Å². The molecule has 1 fully saturated rings. The lowest BCUT2D eigenvalue weighted by Gasteiger charge is -2.09. The number of carbonyl (C=O) groups excluding carboxylic acids is 1. The molecule has 0 bridgehead atoms. The van der Waals surface area contributed by atoms with Gasteiger partial charge in [0.05, 0.1) is 21.8 Å². The molecule has 8 heteroatoms. The molecule has 1 aromatic heterocycles. The van der Waals surface area contributed by atoms with Gasteiger partial charge in [-0.2, -0.15) is 13.2 Å². The van der Waals surface area contributed by atoms with Crippen LogP contribution in [-0.4, -0.2) is 11.1 Å². The summed E-state index contributed by atoms with van der Waals surface area (Å²) in [4.78, 5) is 12.1. The van der Waals surface area contributed by atoms with E-state index in [2.05, 4.69) is 10.5 Å². The molecule has 3 rings (SSSR count). The van der Waals surface area contributed by atoms with Crippen molar-refractivity contribution in [2.24, 2.45) is 0 Å². The highest BCUT2D eigenvalue weighted by Crippen LogP contribution is 2.47. The second kappa shape index (κ2) is 5.26. The van der Waals surface area contributed by atoms with Crippen molar-refractivity contribution in [2.45, 2.75) is 31.4 Å². The molecule has 0 aliphatic heterocycles. The standard InChI is InChI=1S/C15H12ClF3N2O2/c1-14(4-5-14)11-7-12(23-21-11)20-13(22)9-3-2-8(6-10(9)16)15(17,18)19/h2-3,6-7H,4-5H2,1H3,(H,20,22). The minimum Gasteiger partial charge on any atom is -0.338 e. The average molecular weight is 345 g/mol. The van der Waals surface area contributed by atoms with E-state index in [0.29, 0.717) is 6.07 Å². The van der Waals surface area contributed by atoms with Crippen molar-refractivity contribution in [3.63, 3.8) is 0 Å². The first kappa shape index (κ1) is 15.9. The van der Waals surface area contributed by atoms with Crippen LogP contribution in [0.3, 0.4) is 0 Å². The average Bonchev–Trinajstić information content (AvgIpc) is 3.03. The Morgan fingerprint density at radius 1 is 1.35 bits per heavy atom. The van der Waals surface area contributed by atoms with Gasteiger partial charge in [0, 0.05) is 11.5 Å². The van der Waals surface area contributed by atoms with Crippen LogP contribution in [0.2, 0.25) is 5.02 Å². The Bertz CT molecular complexity index is 766. The van der Waals surface area contributed by atoms with Gasteiger partial charge in [-0.3, -0.25) is 10.1 Å². The predicted molar refractivity (Wildman–Crippen MR) is 77.5 cm³/mol. The topological polar surface area (TPSA) is 55.1 Å². The Labute approximate surface area is 134 Å². The molecular weight excluding hydrogens is 333 g/mol. The number of aromatic nitrogens is 1. The zero-order valence-corrected chi connectivity index (χ0v) is 12.8. The van der Waals surface area contributed by atoms with Gasteiger partial charge >= 0.3 is 6.18 Å². The van der Waals surface area contributed by atoms with E-state index in [0.717, 1.165) is 30.7 Å². The molecule has 122 valence electrons. The van der Waals surface area contributed by atoms with Crippen molar-refractivity contribution in [3.8, 4) is 0 Å². The number of rotatable bonds is 3. The third-order valence-corrected chi connectivity index (χ3v) is 4.22. The van der Waals surface area contributed by atoms with E-state index < -0.39 is 17.6 Å². The minimum absolute atomic E-state index is 0.0154. The molecule has 1 aliphatic rings. The third kappa shape index (κ3) is 3.19. The molecule has 0 spiro atoms. The summed E-state index contributed by atoms with van der Waals surface area (Å²) in [7, 11) is 0. The monoisotopic (exact) mass is 344 g/mol. The quantitative estimate of drug-likeness (QED) is 0.881. The van der Waals surface area contributed by atoms with E-state index in [1.165, 1.54) is 0 Å². The SMILES string of the molecule is CC1(c2cc(NC(=O)c3ccc(C(F)(F)F)cc3Cl)on2)CC1. The number of carbonyl (C=O) groups is 1. The summed E-state index contributed by atoms with van der Waals surface area (Å²) < 4.78 is 42.8. The molecule has 4 nitrogen and oxygen atoms in total. The molecule has 1 amide bonds. The second-order valence-corrected chi connectivity index (χ2v) is 6.19. The molecular formula is C15H12ClF3N2O2. The van der Waals surface area contributed by atoms with Gasteiger partial charge in [-0.1, -0.05) is 23.7 Å². The molecule has 1 aliphatic carbocycles. The van der Waals surface area contributed by atoms with E-state index >= 15 is 0 Å². The number of halogens is 4. The first-order chi connectivity index (χ1) is 10.7. The summed E-state index contributed by atoms with van der Waals surface area (Å²) in [5.74, 6) is -0.526. The molecule has 2 aromatic rings. The van der Waals surface area contributed by atoms with Crippen LogP contribution >= 0.6 is 11.6 Å². The number of hydrogen-bond acceptors (Lipinski definition) is 3. The van der Waals surface area contributed by atoms with E-state index in [1.54, 1.807) is 6.07 Å².